The van der Waals surface area contributed by atoms with Crippen LogP contribution in [0, 0.1) is 5.82 Å². The van der Waals surface area contributed by atoms with Gasteiger partial charge in [-0.1, -0.05) is 6.07 Å². The molecule has 0 heterocycles. The Balaban J connectivity index is 1.89. The Morgan fingerprint density at radius 1 is 1.53 bits per heavy atom. The number of hydrogen-bond donors (Lipinski definition) is 2. The van der Waals surface area contributed by atoms with E-state index in [9.17, 15) is 9.50 Å². The molecule has 106 valence electrons. The van der Waals surface area contributed by atoms with Gasteiger partial charge in [-0.05, 0) is 55.5 Å². The molecule has 0 bridgehead atoms. The van der Waals surface area contributed by atoms with Crippen molar-refractivity contribution in [2.24, 2.45) is 0 Å². The number of rotatable bonds is 6. The SMILES string of the molecule is COCC(O)CCNC1CCCc2cc(F)ccc21. The Bertz CT molecular complexity index is 411. The smallest absolute Gasteiger partial charge is 0.123 e. The van der Waals surface area contributed by atoms with Gasteiger partial charge in [-0.3, -0.25) is 0 Å². The molecule has 0 saturated carbocycles. The van der Waals surface area contributed by atoms with Crippen molar-refractivity contribution in [1.29, 1.82) is 0 Å². The lowest BCUT2D eigenvalue weighted by molar-refractivity contribution is 0.0588. The van der Waals surface area contributed by atoms with Gasteiger partial charge in [0, 0.05) is 13.2 Å². The molecule has 0 radical (unpaired) electrons. The van der Waals surface area contributed by atoms with Gasteiger partial charge < -0.3 is 15.2 Å². The van der Waals surface area contributed by atoms with E-state index >= 15 is 0 Å². The van der Waals surface area contributed by atoms with Crippen LogP contribution in [-0.2, 0) is 11.2 Å². The molecule has 2 N–H and O–H groups in total. The van der Waals surface area contributed by atoms with Crippen LogP contribution in [0.4, 0.5) is 4.39 Å². The summed E-state index contributed by atoms with van der Waals surface area (Å²) < 4.78 is 18.1. The van der Waals surface area contributed by atoms with E-state index < -0.39 is 6.10 Å². The van der Waals surface area contributed by atoms with E-state index in [4.69, 9.17) is 4.74 Å². The van der Waals surface area contributed by atoms with Gasteiger partial charge in [0.25, 0.3) is 0 Å². The van der Waals surface area contributed by atoms with Crippen molar-refractivity contribution in [1.82, 2.24) is 5.32 Å². The number of halogens is 1. The minimum Gasteiger partial charge on any atom is -0.391 e. The first-order valence-corrected chi connectivity index (χ1v) is 6.89. The van der Waals surface area contributed by atoms with Crippen LogP contribution in [0.2, 0.25) is 0 Å². The Morgan fingerprint density at radius 3 is 3.16 bits per heavy atom. The topological polar surface area (TPSA) is 41.5 Å². The fourth-order valence-corrected chi connectivity index (χ4v) is 2.69. The van der Waals surface area contributed by atoms with Crippen LogP contribution < -0.4 is 5.32 Å². The quantitative estimate of drug-likeness (QED) is 0.830. The van der Waals surface area contributed by atoms with Crippen molar-refractivity contribution in [3.8, 4) is 0 Å². The maximum atomic E-state index is 13.2. The number of aliphatic hydroxyl groups excluding tert-OH is 1. The molecule has 4 heteroatoms. The highest BCUT2D eigenvalue weighted by atomic mass is 19.1. The molecule has 2 atom stereocenters. The average Bonchev–Trinajstić information content (AvgIpc) is 2.39. The standard InChI is InChI=1S/C15H22FNO2/c1-19-10-13(18)7-8-17-15-4-2-3-11-9-12(16)5-6-14(11)15/h5-6,9,13,15,17-18H,2-4,7-8,10H2,1H3. The number of nitrogens with one attached hydrogen (secondary N) is 1. The first-order valence-electron chi connectivity index (χ1n) is 6.89. The second-order valence-electron chi connectivity index (χ2n) is 5.14. The summed E-state index contributed by atoms with van der Waals surface area (Å²) in [6.07, 6.45) is 3.35. The number of aryl methyl sites for hydroxylation is 1. The minimum absolute atomic E-state index is 0.157. The van der Waals surface area contributed by atoms with E-state index in [1.807, 2.05) is 6.07 Å². The van der Waals surface area contributed by atoms with Crippen LogP contribution in [0.25, 0.3) is 0 Å². The molecule has 3 nitrogen and oxygen atoms in total. The Morgan fingerprint density at radius 2 is 2.37 bits per heavy atom. The van der Waals surface area contributed by atoms with E-state index in [2.05, 4.69) is 5.32 Å². The van der Waals surface area contributed by atoms with Crippen LogP contribution in [0.1, 0.15) is 36.4 Å². The molecular formula is C15H22FNO2. The van der Waals surface area contributed by atoms with Crippen LogP contribution in [0.5, 0.6) is 0 Å². The second kappa shape index (κ2) is 6.98. The van der Waals surface area contributed by atoms with Crippen LogP contribution in [0.15, 0.2) is 18.2 Å². The molecule has 1 aliphatic carbocycles. The fraction of sp³-hybridized carbons (Fsp3) is 0.600. The lowest BCUT2D eigenvalue weighted by Gasteiger charge is -2.27. The molecular weight excluding hydrogens is 245 g/mol. The third-order valence-electron chi connectivity index (χ3n) is 3.65. The zero-order chi connectivity index (χ0) is 13.7. The summed E-state index contributed by atoms with van der Waals surface area (Å²) in [6, 6.07) is 5.33. The average molecular weight is 267 g/mol. The molecule has 0 fully saturated rings. The highest BCUT2D eigenvalue weighted by Gasteiger charge is 2.20. The molecule has 2 rings (SSSR count). The van der Waals surface area contributed by atoms with Gasteiger partial charge >= 0.3 is 0 Å². The van der Waals surface area contributed by atoms with E-state index in [-0.39, 0.29) is 11.9 Å². The van der Waals surface area contributed by atoms with Crippen LogP contribution in [0.3, 0.4) is 0 Å². The monoisotopic (exact) mass is 267 g/mol. The Labute approximate surface area is 113 Å². The molecule has 1 aromatic carbocycles. The zero-order valence-corrected chi connectivity index (χ0v) is 11.4. The summed E-state index contributed by atoms with van der Waals surface area (Å²) in [5.74, 6) is -0.157. The van der Waals surface area contributed by atoms with Gasteiger partial charge in [-0.25, -0.2) is 4.39 Å². The fourth-order valence-electron chi connectivity index (χ4n) is 2.69. The summed E-state index contributed by atoms with van der Waals surface area (Å²) in [5.41, 5.74) is 2.31. The first kappa shape index (κ1) is 14.4. The van der Waals surface area contributed by atoms with Gasteiger partial charge in [0.15, 0.2) is 0 Å². The third-order valence-corrected chi connectivity index (χ3v) is 3.65. The normalized spacial score (nSPS) is 20.1. The first-order chi connectivity index (χ1) is 9.20. The molecule has 0 amide bonds. The van der Waals surface area contributed by atoms with Gasteiger partial charge in [0.1, 0.15) is 5.82 Å². The molecule has 0 saturated heterocycles. The maximum absolute atomic E-state index is 13.2. The maximum Gasteiger partial charge on any atom is 0.123 e. The molecule has 1 aliphatic rings. The summed E-state index contributed by atoms with van der Waals surface area (Å²) in [7, 11) is 1.59. The van der Waals surface area contributed by atoms with Crippen molar-refractivity contribution >= 4 is 0 Å². The van der Waals surface area contributed by atoms with Crippen molar-refractivity contribution in [3.05, 3.63) is 35.1 Å². The number of aliphatic hydroxyl groups is 1. The molecule has 0 spiro atoms. The number of hydrogen-bond acceptors (Lipinski definition) is 3. The van der Waals surface area contributed by atoms with E-state index in [1.54, 1.807) is 13.2 Å². The third kappa shape index (κ3) is 4.00. The predicted octanol–water partition coefficient (Wildman–Crippen LogP) is 2.19. The van der Waals surface area contributed by atoms with Gasteiger partial charge in [0.05, 0.1) is 12.7 Å². The van der Waals surface area contributed by atoms with Crippen LogP contribution in [-0.4, -0.2) is 31.5 Å². The van der Waals surface area contributed by atoms with Gasteiger partial charge in [-0.15, -0.1) is 0 Å². The summed E-state index contributed by atoms with van der Waals surface area (Å²) >= 11 is 0. The second-order valence-corrected chi connectivity index (χ2v) is 5.14. The number of benzene rings is 1. The largest absolute Gasteiger partial charge is 0.391 e. The molecule has 2 unspecified atom stereocenters. The summed E-state index contributed by atoms with van der Waals surface area (Å²) in [5, 5.41) is 13.0. The van der Waals surface area contributed by atoms with Crippen molar-refractivity contribution < 1.29 is 14.2 Å². The van der Waals surface area contributed by atoms with E-state index in [1.165, 1.54) is 11.6 Å². The summed E-state index contributed by atoms with van der Waals surface area (Å²) in [4.78, 5) is 0. The zero-order valence-electron chi connectivity index (χ0n) is 11.4. The molecule has 0 aliphatic heterocycles. The number of fused-ring (bicyclic) bond motifs is 1. The van der Waals surface area contributed by atoms with Crippen molar-refractivity contribution in [2.45, 2.75) is 37.8 Å². The highest BCUT2D eigenvalue weighted by molar-refractivity contribution is 5.32. The Hall–Kier alpha value is -0.970. The number of methoxy groups -OCH3 is 1. The number of ether oxygens (including phenoxy) is 1. The minimum atomic E-state index is -0.422. The molecule has 19 heavy (non-hydrogen) atoms. The van der Waals surface area contributed by atoms with Crippen LogP contribution >= 0.6 is 0 Å². The van der Waals surface area contributed by atoms with Crippen molar-refractivity contribution in [2.75, 3.05) is 20.3 Å². The predicted molar refractivity (Wildman–Crippen MR) is 72.6 cm³/mol. The lowest BCUT2D eigenvalue weighted by atomic mass is 9.87. The molecule has 0 aromatic heterocycles. The summed E-state index contributed by atoms with van der Waals surface area (Å²) in [6.45, 7) is 1.11. The highest BCUT2D eigenvalue weighted by Crippen LogP contribution is 2.30. The Kier molecular flexibility index (Phi) is 5.31. The van der Waals surface area contributed by atoms with E-state index in [0.717, 1.165) is 31.4 Å². The molecule has 1 aromatic rings. The van der Waals surface area contributed by atoms with Gasteiger partial charge in [0.2, 0.25) is 0 Å². The van der Waals surface area contributed by atoms with Gasteiger partial charge in [-0.2, -0.15) is 0 Å². The lowest BCUT2D eigenvalue weighted by Crippen LogP contribution is -2.29. The van der Waals surface area contributed by atoms with E-state index in [0.29, 0.717) is 13.0 Å². The van der Waals surface area contributed by atoms with Crippen molar-refractivity contribution in [3.63, 3.8) is 0 Å².